The maximum atomic E-state index is 13.1. The number of hydrogen-bond donors (Lipinski definition) is 3. The highest BCUT2D eigenvalue weighted by Gasteiger charge is 2.23. The van der Waals surface area contributed by atoms with E-state index in [-0.39, 0.29) is 11.8 Å². The Morgan fingerprint density at radius 1 is 1.09 bits per heavy atom. The maximum Gasteiger partial charge on any atom is 0.243 e. The molecule has 3 heterocycles. The number of amides is 2. The van der Waals surface area contributed by atoms with Crippen LogP contribution >= 0.6 is 0 Å². The summed E-state index contributed by atoms with van der Waals surface area (Å²) in [4.78, 5) is 37.2. The van der Waals surface area contributed by atoms with Crippen LogP contribution in [-0.4, -0.2) is 66.0 Å². The summed E-state index contributed by atoms with van der Waals surface area (Å²) in [5.41, 5.74) is 2.98. The van der Waals surface area contributed by atoms with E-state index in [0.29, 0.717) is 13.0 Å². The van der Waals surface area contributed by atoms with Crippen LogP contribution in [0.25, 0.3) is 10.9 Å². The van der Waals surface area contributed by atoms with Crippen molar-refractivity contribution in [2.75, 3.05) is 38.1 Å². The van der Waals surface area contributed by atoms with E-state index in [0.717, 1.165) is 54.0 Å². The van der Waals surface area contributed by atoms with Gasteiger partial charge in [-0.1, -0.05) is 24.3 Å². The predicted octanol–water partition coefficient (Wildman–Crippen LogP) is 1.68. The molecule has 1 aromatic carbocycles. The Kier molecular flexibility index (Phi) is 6.70. The summed E-state index contributed by atoms with van der Waals surface area (Å²) in [6.45, 7) is 5.57. The SMILES string of the molecule is CC(=O)NC(Cc1c[nH]c2ccccc12)C(=O)NCc1cccnc1N1CCN(C)CC1. The van der Waals surface area contributed by atoms with Crippen molar-refractivity contribution in [3.63, 3.8) is 0 Å². The maximum absolute atomic E-state index is 13.1. The molecule has 2 aromatic heterocycles. The predicted molar refractivity (Wildman–Crippen MR) is 125 cm³/mol. The van der Waals surface area contributed by atoms with E-state index in [1.807, 2.05) is 42.6 Å². The average molecular weight is 435 g/mol. The molecule has 168 valence electrons. The topological polar surface area (TPSA) is 93.4 Å². The molecule has 1 saturated heterocycles. The van der Waals surface area contributed by atoms with Gasteiger partial charge in [0, 0.05) is 74.9 Å². The summed E-state index contributed by atoms with van der Waals surface area (Å²) in [6.07, 6.45) is 4.10. The molecule has 32 heavy (non-hydrogen) atoms. The zero-order valence-corrected chi connectivity index (χ0v) is 18.6. The largest absolute Gasteiger partial charge is 0.361 e. The number of hydrogen-bond acceptors (Lipinski definition) is 5. The highest BCUT2D eigenvalue weighted by atomic mass is 16.2. The second-order valence-corrected chi connectivity index (χ2v) is 8.31. The minimum Gasteiger partial charge on any atom is -0.361 e. The van der Waals surface area contributed by atoms with Crippen molar-refractivity contribution in [1.29, 1.82) is 0 Å². The van der Waals surface area contributed by atoms with E-state index < -0.39 is 6.04 Å². The highest BCUT2D eigenvalue weighted by Crippen LogP contribution is 2.20. The van der Waals surface area contributed by atoms with Gasteiger partial charge in [-0.2, -0.15) is 0 Å². The molecule has 8 nitrogen and oxygen atoms in total. The van der Waals surface area contributed by atoms with Crippen molar-refractivity contribution in [2.45, 2.75) is 25.9 Å². The number of nitrogens with one attached hydrogen (secondary N) is 3. The molecule has 1 aliphatic rings. The lowest BCUT2D eigenvalue weighted by Gasteiger charge is -2.34. The van der Waals surface area contributed by atoms with Gasteiger partial charge in [0.15, 0.2) is 0 Å². The highest BCUT2D eigenvalue weighted by molar-refractivity contribution is 5.89. The standard InChI is InChI=1S/C24H30N6O2/c1-17(31)28-22(14-19-16-26-21-8-4-3-7-20(19)21)24(32)27-15-18-6-5-9-25-23(18)30-12-10-29(2)11-13-30/h3-9,16,22,26H,10-15H2,1-2H3,(H,27,32)(H,28,31). The van der Waals surface area contributed by atoms with E-state index in [2.05, 4.69) is 37.4 Å². The van der Waals surface area contributed by atoms with E-state index in [1.165, 1.54) is 6.92 Å². The number of nitrogens with zero attached hydrogens (tertiary/aromatic N) is 3. The van der Waals surface area contributed by atoms with E-state index >= 15 is 0 Å². The fraction of sp³-hybridized carbons (Fsp3) is 0.375. The summed E-state index contributed by atoms with van der Waals surface area (Å²) in [5, 5.41) is 6.87. The molecule has 0 spiro atoms. The van der Waals surface area contributed by atoms with Gasteiger partial charge in [-0.15, -0.1) is 0 Å². The van der Waals surface area contributed by atoms with Gasteiger partial charge in [0.25, 0.3) is 0 Å². The molecule has 4 rings (SSSR count). The van der Waals surface area contributed by atoms with Crippen molar-refractivity contribution in [2.24, 2.45) is 0 Å². The van der Waals surface area contributed by atoms with Crippen molar-refractivity contribution < 1.29 is 9.59 Å². The first kappa shape index (κ1) is 21.8. The van der Waals surface area contributed by atoms with Gasteiger partial charge < -0.3 is 25.4 Å². The smallest absolute Gasteiger partial charge is 0.243 e. The molecule has 8 heteroatoms. The molecule has 0 bridgehead atoms. The first-order valence-electron chi connectivity index (χ1n) is 11.0. The van der Waals surface area contributed by atoms with Crippen molar-refractivity contribution >= 4 is 28.5 Å². The molecule has 0 saturated carbocycles. The van der Waals surface area contributed by atoms with Crippen molar-refractivity contribution in [3.05, 3.63) is 59.9 Å². The van der Waals surface area contributed by atoms with Crippen LogP contribution in [0.2, 0.25) is 0 Å². The van der Waals surface area contributed by atoms with Crippen LogP contribution < -0.4 is 15.5 Å². The number of piperazine rings is 1. The summed E-state index contributed by atoms with van der Waals surface area (Å²) in [6, 6.07) is 11.2. The third-order valence-electron chi connectivity index (χ3n) is 5.92. The quantitative estimate of drug-likeness (QED) is 0.526. The van der Waals surface area contributed by atoms with Gasteiger partial charge in [-0.25, -0.2) is 4.98 Å². The van der Waals surface area contributed by atoms with E-state index in [9.17, 15) is 9.59 Å². The molecule has 1 unspecified atom stereocenters. The number of para-hydroxylation sites is 1. The van der Waals surface area contributed by atoms with E-state index in [1.54, 1.807) is 6.20 Å². The zero-order valence-electron chi connectivity index (χ0n) is 18.6. The molecule has 2 amide bonds. The Bertz CT molecular complexity index is 1090. The number of benzene rings is 1. The lowest BCUT2D eigenvalue weighted by atomic mass is 10.0. The molecule has 0 radical (unpaired) electrons. The van der Waals surface area contributed by atoms with Crippen LogP contribution in [0.3, 0.4) is 0 Å². The number of pyridine rings is 1. The van der Waals surface area contributed by atoms with Crippen LogP contribution in [-0.2, 0) is 22.6 Å². The number of aromatic nitrogens is 2. The summed E-state index contributed by atoms with van der Waals surface area (Å²) < 4.78 is 0. The van der Waals surface area contributed by atoms with Crippen molar-refractivity contribution in [3.8, 4) is 0 Å². The summed E-state index contributed by atoms with van der Waals surface area (Å²) in [7, 11) is 2.12. The summed E-state index contributed by atoms with van der Waals surface area (Å²) >= 11 is 0. The Hall–Kier alpha value is -3.39. The first-order valence-corrected chi connectivity index (χ1v) is 11.0. The van der Waals surface area contributed by atoms with Gasteiger partial charge in [0.05, 0.1) is 0 Å². The number of carbonyl (C=O) groups is 2. The van der Waals surface area contributed by atoms with Crippen molar-refractivity contribution in [1.82, 2.24) is 25.5 Å². The molecule has 1 fully saturated rings. The Morgan fingerprint density at radius 3 is 2.66 bits per heavy atom. The van der Waals surface area contributed by atoms with Crippen LogP contribution in [0.15, 0.2) is 48.8 Å². The Labute approximate surface area is 188 Å². The van der Waals surface area contributed by atoms with Crippen LogP contribution in [0.1, 0.15) is 18.1 Å². The third-order valence-corrected chi connectivity index (χ3v) is 5.92. The minimum absolute atomic E-state index is 0.210. The number of carbonyl (C=O) groups excluding carboxylic acids is 2. The van der Waals surface area contributed by atoms with Gasteiger partial charge in [-0.05, 0) is 24.7 Å². The molecule has 3 aromatic rings. The van der Waals surface area contributed by atoms with Gasteiger partial charge in [0.2, 0.25) is 11.8 Å². The average Bonchev–Trinajstić information content (AvgIpc) is 3.20. The first-order chi connectivity index (χ1) is 15.5. The number of H-pyrrole nitrogens is 1. The fourth-order valence-electron chi connectivity index (χ4n) is 4.15. The van der Waals surface area contributed by atoms with Crippen LogP contribution in [0.4, 0.5) is 5.82 Å². The second kappa shape index (κ2) is 9.82. The number of rotatable bonds is 7. The molecule has 0 aliphatic carbocycles. The number of fused-ring (bicyclic) bond motifs is 1. The molecule has 3 N–H and O–H groups in total. The normalized spacial score (nSPS) is 15.5. The molecule has 1 aliphatic heterocycles. The van der Waals surface area contributed by atoms with Crippen LogP contribution in [0.5, 0.6) is 0 Å². The van der Waals surface area contributed by atoms with Gasteiger partial charge in [0.1, 0.15) is 11.9 Å². The Balaban J connectivity index is 1.46. The fourth-order valence-corrected chi connectivity index (χ4v) is 4.15. The lowest BCUT2D eigenvalue weighted by molar-refractivity contribution is -0.128. The number of likely N-dealkylation sites (N-methyl/N-ethyl adjacent to an activating group) is 1. The zero-order chi connectivity index (χ0) is 22.5. The van der Waals surface area contributed by atoms with Gasteiger partial charge in [-0.3, -0.25) is 9.59 Å². The minimum atomic E-state index is -0.657. The lowest BCUT2D eigenvalue weighted by Crippen LogP contribution is -2.47. The number of anilines is 1. The monoisotopic (exact) mass is 434 g/mol. The Morgan fingerprint density at radius 2 is 1.88 bits per heavy atom. The second-order valence-electron chi connectivity index (χ2n) is 8.31. The van der Waals surface area contributed by atoms with Gasteiger partial charge >= 0.3 is 0 Å². The van der Waals surface area contributed by atoms with Crippen LogP contribution in [0, 0.1) is 0 Å². The number of aromatic amines is 1. The third kappa shape index (κ3) is 5.08. The molecular weight excluding hydrogens is 404 g/mol. The summed E-state index contributed by atoms with van der Waals surface area (Å²) in [5.74, 6) is 0.469. The van der Waals surface area contributed by atoms with E-state index in [4.69, 9.17) is 0 Å². The molecule has 1 atom stereocenters. The molecular formula is C24H30N6O2.